The minimum absolute atomic E-state index is 0.719. The Morgan fingerprint density at radius 2 is 1.88 bits per heavy atom. The SMILES string of the molecule is Cn1nc(CN2Cc3ccccc3C2)cc1N. The Morgan fingerprint density at radius 1 is 1.24 bits per heavy atom. The molecule has 4 nitrogen and oxygen atoms in total. The highest BCUT2D eigenvalue weighted by Crippen LogP contribution is 2.23. The number of aromatic nitrogens is 2. The number of rotatable bonds is 2. The summed E-state index contributed by atoms with van der Waals surface area (Å²) in [5, 5.41) is 4.39. The highest BCUT2D eigenvalue weighted by atomic mass is 15.3. The van der Waals surface area contributed by atoms with Crippen LogP contribution in [0.4, 0.5) is 5.82 Å². The number of nitrogen functional groups attached to an aromatic ring is 1. The summed E-state index contributed by atoms with van der Waals surface area (Å²) in [5.41, 5.74) is 9.68. The number of benzene rings is 1. The highest BCUT2D eigenvalue weighted by molar-refractivity contribution is 5.32. The Morgan fingerprint density at radius 3 is 2.41 bits per heavy atom. The van der Waals surface area contributed by atoms with Gasteiger partial charge >= 0.3 is 0 Å². The molecule has 0 saturated carbocycles. The van der Waals surface area contributed by atoms with Crippen LogP contribution in [0.2, 0.25) is 0 Å². The minimum Gasteiger partial charge on any atom is -0.384 e. The Kier molecular flexibility index (Phi) is 2.37. The molecule has 0 spiro atoms. The lowest BCUT2D eigenvalue weighted by atomic mass is 10.1. The Hall–Kier alpha value is -1.81. The topological polar surface area (TPSA) is 47.1 Å². The predicted octanol–water partition coefficient (Wildman–Crippen LogP) is 1.52. The number of nitrogens with two attached hydrogens (primary N) is 1. The number of hydrogen-bond donors (Lipinski definition) is 1. The third kappa shape index (κ3) is 1.91. The monoisotopic (exact) mass is 228 g/mol. The van der Waals surface area contributed by atoms with Gasteiger partial charge in [0.1, 0.15) is 5.82 Å². The summed E-state index contributed by atoms with van der Waals surface area (Å²) in [6.45, 7) is 2.87. The summed E-state index contributed by atoms with van der Waals surface area (Å²) in [4.78, 5) is 2.38. The average molecular weight is 228 g/mol. The van der Waals surface area contributed by atoms with Gasteiger partial charge in [0, 0.05) is 32.7 Å². The van der Waals surface area contributed by atoms with Gasteiger partial charge in [0.15, 0.2) is 0 Å². The van der Waals surface area contributed by atoms with E-state index in [1.807, 2.05) is 13.1 Å². The van der Waals surface area contributed by atoms with Crippen LogP contribution in [0.1, 0.15) is 16.8 Å². The zero-order valence-corrected chi connectivity index (χ0v) is 9.93. The van der Waals surface area contributed by atoms with Crippen molar-refractivity contribution in [3.8, 4) is 0 Å². The zero-order chi connectivity index (χ0) is 11.8. The van der Waals surface area contributed by atoms with Crippen molar-refractivity contribution in [2.75, 3.05) is 5.73 Å². The lowest BCUT2D eigenvalue weighted by Gasteiger charge is -2.12. The number of hydrogen-bond acceptors (Lipinski definition) is 3. The van der Waals surface area contributed by atoms with E-state index in [0.717, 1.165) is 31.1 Å². The second kappa shape index (κ2) is 3.89. The molecule has 2 heterocycles. The van der Waals surface area contributed by atoms with Gasteiger partial charge in [-0.05, 0) is 11.1 Å². The van der Waals surface area contributed by atoms with Crippen LogP contribution in [0.3, 0.4) is 0 Å². The highest BCUT2D eigenvalue weighted by Gasteiger charge is 2.19. The Labute approximate surface area is 101 Å². The fourth-order valence-electron chi connectivity index (χ4n) is 2.37. The number of anilines is 1. The maximum absolute atomic E-state index is 5.78. The van der Waals surface area contributed by atoms with Crippen molar-refractivity contribution in [1.29, 1.82) is 0 Å². The second-order valence-electron chi connectivity index (χ2n) is 4.60. The van der Waals surface area contributed by atoms with Gasteiger partial charge in [0.25, 0.3) is 0 Å². The fourth-order valence-corrected chi connectivity index (χ4v) is 2.37. The van der Waals surface area contributed by atoms with Gasteiger partial charge in [-0.1, -0.05) is 24.3 Å². The molecule has 0 aliphatic carbocycles. The molecule has 88 valence electrons. The zero-order valence-electron chi connectivity index (χ0n) is 9.93. The number of nitrogens with zero attached hydrogens (tertiary/aromatic N) is 3. The van der Waals surface area contributed by atoms with Crippen molar-refractivity contribution >= 4 is 5.82 Å². The first-order valence-electron chi connectivity index (χ1n) is 5.80. The summed E-state index contributed by atoms with van der Waals surface area (Å²) >= 11 is 0. The number of aryl methyl sites for hydroxylation is 1. The molecule has 0 fully saturated rings. The summed E-state index contributed by atoms with van der Waals surface area (Å²) < 4.78 is 1.72. The first-order valence-corrected chi connectivity index (χ1v) is 5.80. The van der Waals surface area contributed by atoms with Crippen LogP contribution in [0.15, 0.2) is 30.3 Å². The van der Waals surface area contributed by atoms with Crippen LogP contribution in [-0.2, 0) is 26.7 Å². The van der Waals surface area contributed by atoms with Crippen LogP contribution in [0.5, 0.6) is 0 Å². The number of fused-ring (bicyclic) bond motifs is 1. The summed E-state index contributed by atoms with van der Waals surface area (Å²) in [6.07, 6.45) is 0. The first-order chi connectivity index (χ1) is 8.22. The lowest BCUT2D eigenvalue weighted by Crippen LogP contribution is -2.16. The van der Waals surface area contributed by atoms with Gasteiger partial charge in [-0.3, -0.25) is 9.58 Å². The molecule has 17 heavy (non-hydrogen) atoms. The molecule has 2 N–H and O–H groups in total. The van der Waals surface area contributed by atoms with E-state index in [9.17, 15) is 0 Å². The van der Waals surface area contributed by atoms with Crippen molar-refractivity contribution in [1.82, 2.24) is 14.7 Å². The first kappa shape index (κ1) is 10.4. The summed E-state index contributed by atoms with van der Waals surface area (Å²) in [5.74, 6) is 0.719. The van der Waals surface area contributed by atoms with Crippen molar-refractivity contribution in [3.05, 3.63) is 47.2 Å². The van der Waals surface area contributed by atoms with Crippen LogP contribution in [-0.4, -0.2) is 14.7 Å². The van der Waals surface area contributed by atoms with Crippen LogP contribution < -0.4 is 5.73 Å². The van der Waals surface area contributed by atoms with Gasteiger partial charge in [0.2, 0.25) is 0 Å². The Bertz CT molecular complexity index is 500. The van der Waals surface area contributed by atoms with Gasteiger partial charge in [-0.25, -0.2) is 0 Å². The van der Waals surface area contributed by atoms with E-state index in [1.165, 1.54) is 11.1 Å². The van der Waals surface area contributed by atoms with Gasteiger partial charge in [0.05, 0.1) is 5.69 Å². The smallest absolute Gasteiger partial charge is 0.121 e. The van der Waals surface area contributed by atoms with E-state index in [4.69, 9.17) is 5.73 Å². The molecule has 3 rings (SSSR count). The van der Waals surface area contributed by atoms with Crippen LogP contribution >= 0.6 is 0 Å². The maximum atomic E-state index is 5.78. The molecule has 2 aromatic rings. The summed E-state index contributed by atoms with van der Waals surface area (Å²) in [7, 11) is 1.87. The molecule has 1 aromatic carbocycles. The van der Waals surface area contributed by atoms with E-state index in [2.05, 4.69) is 34.3 Å². The van der Waals surface area contributed by atoms with E-state index < -0.39 is 0 Å². The molecule has 0 atom stereocenters. The van der Waals surface area contributed by atoms with Crippen molar-refractivity contribution in [3.63, 3.8) is 0 Å². The minimum atomic E-state index is 0.719. The third-order valence-corrected chi connectivity index (χ3v) is 3.26. The molecular weight excluding hydrogens is 212 g/mol. The van der Waals surface area contributed by atoms with E-state index in [1.54, 1.807) is 4.68 Å². The second-order valence-corrected chi connectivity index (χ2v) is 4.60. The standard InChI is InChI=1S/C13H16N4/c1-16-13(14)6-12(15-16)9-17-7-10-4-2-3-5-11(10)8-17/h2-6H,7-9,14H2,1H3. The third-order valence-electron chi connectivity index (χ3n) is 3.26. The normalized spacial score (nSPS) is 15.1. The van der Waals surface area contributed by atoms with Crippen molar-refractivity contribution in [2.24, 2.45) is 7.05 Å². The molecule has 0 amide bonds. The van der Waals surface area contributed by atoms with E-state index in [0.29, 0.717) is 0 Å². The summed E-state index contributed by atoms with van der Waals surface area (Å²) in [6, 6.07) is 10.5. The molecule has 4 heteroatoms. The van der Waals surface area contributed by atoms with Gasteiger partial charge < -0.3 is 5.73 Å². The van der Waals surface area contributed by atoms with E-state index in [-0.39, 0.29) is 0 Å². The molecule has 0 radical (unpaired) electrons. The molecular formula is C13H16N4. The molecule has 0 bridgehead atoms. The van der Waals surface area contributed by atoms with Crippen LogP contribution in [0, 0.1) is 0 Å². The quantitative estimate of drug-likeness (QED) is 0.847. The Balaban J connectivity index is 1.73. The van der Waals surface area contributed by atoms with Crippen LogP contribution in [0.25, 0.3) is 0 Å². The van der Waals surface area contributed by atoms with Gasteiger partial charge in [-0.15, -0.1) is 0 Å². The van der Waals surface area contributed by atoms with E-state index >= 15 is 0 Å². The van der Waals surface area contributed by atoms with Gasteiger partial charge in [-0.2, -0.15) is 5.10 Å². The molecule has 0 unspecified atom stereocenters. The van der Waals surface area contributed by atoms with Crippen molar-refractivity contribution < 1.29 is 0 Å². The molecule has 1 aliphatic rings. The maximum Gasteiger partial charge on any atom is 0.121 e. The molecule has 0 saturated heterocycles. The average Bonchev–Trinajstić information content (AvgIpc) is 2.83. The molecule has 1 aliphatic heterocycles. The van der Waals surface area contributed by atoms with Crippen molar-refractivity contribution in [2.45, 2.75) is 19.6 Å². The lowest BCUT2D eigenvalue weighted by molar-refractivity contribution is 0.271. The predicted molar refractivity (Wildman–Crippen MR) is 67.0 cm³/mol. The molecule has 1 aromatic heterocycles. The largest absolute Gasteiger partial charge is 0.384 e. The fraction of sp³-hybridized carbons (Fsp3) is 0.308.